The van der Waals surface area contributed by atoms with E-state index >= 15 is 0 Å². The highest BCUT2D eigenvalue weighted by molar-refractivity contribution is 6.04. The Morgan fingerprint density at radius 2 is 1.79 bits per heavy atom. The van der Waals surface area contributed by atoms with Crippen LogP contribution in [0.1, 0.15) is 28.7 Å². The zero-order valence-corrected chi connectivity index (χ0v) is 14.1. The maximum Gasteiger partial charge on any atom is 0.233 e. The van der Waals surface area contributed by atoms with Gasteiger partial charge in [0, 0.05) is 18.8 Å². The van der Waals surface area contributed by atoms with Crippen molar-refractivity contribution in [3.8, 4) is 0 Å². The number of carbonyl (C=O) groups is 2. The predicted molar refractivity (Wildman–Crippen MR) is 94.7 cm³/mol. The third kappa shape index (κ3) is 3.48. The second-order valence-electron chi connectivity index (χ2n) is 6.31. The van der Waals surface area contributed by atoms with Crippen LogP contribution >= 0.6 is 0 Å². The van der Waals surface area contributed by atoms with Crippen molar-refractivity contribution in [3.63, 3.8) is 0 Å². The number of hydrogen-bond acceptors (Lipinski definition) is 2. The molecule has 0 radical (unpaired) electrons. The molecule has 1 aliphatic rings. The van der Waals surface area contributed by atoms with Crippen molar-refractivity contribution >= 4 is 17.5 Å². The van der Waals surface area contributed by atoms with Crippen LogP contribution < -0.4 is 5.32 Å². The summed E-state index contributed by atoms with van der Waals surface area (Å²) >= 11 is 0. The van der Waals surface area contributed by atoms with E-state index in [0.717, 1.165) is 23.2 Å². The molecular formula is C20H22N2O2. The van der Waals surface area contributed by atoms with Crippen molar-refractivity contribution in [2.45, 2.75) is 33.2 Å². The standard InChI is InChI=1S/C20H22N2O2/c1-14-6-5-9-18(15(14)2)21-19(23)12-20(24)22-11-10-16-7-3-4-8-17(16)13-22/h3-9H,10-13H2,1-2H3,(H,21,23). The van der Waals surface area contributed by atoms with Crippen molar-refractivity contribution in [1.82, 2.24) is 4.90 Å². The van der Waals surface area contributed by atoms with Gasteiger partial charge in [0.2, 0.25) is 11.8 Å². The quantitative estimate of drug-likeness (QED) is 0.882. The number of benzene rings is 2. The van der Waals surface area contributed by atoms with Gasteiger partial charge in [0.15, 0.2) is 0 Å². The lowest BCUT2D eigenvalue weighted by molar-refractivity contribution is -0.135. The zero-order valence-electron chi connectivity index (χ0n) is 14.1. The number of nitrogens with one attached hydrogen (secondary N) is 1. The normalized spacial score (nSPS) is 13.3. The van der Waals surface area contributed by atoms with Crippen LogP contribution in [0.4, 0.5) is 5.69 Å². The second kappa shape index (κ2) is 6.87. The van der Waals surface area contributed by atoms with Crippen molar-refractivity contribution in [1.29, 1.82) is 0 Å². The van der Waals surface area contributed by atoms with E-state index in [1.807, 2.05) is 50.2 Å². The van der Waals surface area contributed by atoms with E-state index in [2.05, 4.69) is 11.4 Å². The van der Waals surface area contributed by atoms with E-state index < -0.39 is 0 Å². The average Bonchev–Trinajstić information content (AvgIpc) is 2.58. The fourth-order valence-electron chi connectivity index (χ4n) is 3.04. The largest absolute Gasteiger partial charge is 0.338 e. The van der Waals surface area contributed by atoms with E-state index in [0.29, 0.717) is 13.1 Å². The number of nitrogens with zero attached hydrogens (tertiary/aromatic N) is 1. The highest BCUT2D eigenvalue weighted by atomic mass is 16.2. The number of amides is 2. The monoisotopic (exact) mass is 322 g/mol. The lowest BCUT2D eigenvalue weighted by Gasteiger charge is -2.28. The molecule has 2 amide bonds. The highest BCUT2D eigenvalue weighted by Gasteiger charge is 2.22. The molecule has 0 spiro atoms. The summed E-state index contributed by atoms with van der Waals surface area (Å²) in [5.41, 5.74) is 5.39. The Labute approximate surface area is 142 Å². The molecule has 0 saturated heterocycles. The third-order valence-corrected chi connectivity index (χ3v) is 4.67. The molecule has 0 bridgehead atoms. The van der Waals surface area contributed by atoms with Crippen LogP contribution in [0, 0.1) is 13.8 Å². The molecule has 3 rings (SSSR count). The van der Waals surface area contributed by atoms with Crippen molar-refractivity contribution in [2.24, 2.45) is 0 Å². The van der Waals surface area contributed by atoms with E-state index in [9.17, 15) is 9.59 Å². The Hall–Kier alpha value is -2.62. The lowest BCUT2D eigenvalue weighted by atomic mass is 10.00. The number of aryl methyl sites for hydroxylation is 1. The van der Waals surface area contributed by atoms with Crippen LogP contribution in [0.25, 0.3) is 0 Å². The van der Waals surface area contributed by atoms with Gasteiger partial charge in [0.1, 0.15) is 6.42 Å². The van der Waals surface area contributed by atoms with Crippen LogP contribution in [0.5, 0.6) is 0 Å². The minimum absolute atomic E-state index is 0.116. The number of rotatable bonds is 3. The molecular weight excluding hydrogens is 300 g/mol. The molecule has 4 nitrogen and oxygen atoms in total. The maximum absolute atomic E-state index is 12.4. The molecule has 2 aromatic rings. The first-order chi connectivity index (χ1) is 11.5. The highest BCUT2D eigenvalue weighted by Crippen LogP contribution is 2.20. The fourth-order valence-corrected chi connectivity index (χ4v) is 3.04. The average molecular weight is 322 g/mol. The van der Waals surface area contributed by atoms with Crippen molar-refractivity contribution < 1.29 is 9.59 Å². The SMILES string of the molecule is Cc1cccc(NC(=O)CC(=O)N2CCc3ccccc3C2)c1C. The van der Waals surface area contributed by atoms with Gasteiger partial charge in [0.25, 0.3) is 0 Å². The van der Waals surface area contributed by atoms with Crippen molar-refractivity contribution in [3.05, 3.63) is 64.7 Å². The van der Waals surface area contributed by atoms with E-state index in [-0.39, 0.29) is 18.2 Å². The Morgan fingerprint density at radius 3 is 2.58 bits per heavy atom. The van der Waals surface area contributed by atoms with Gasteiger partial charge in [-0.15, -0.1) is 0 Å². The van der Waals surface area contributed by atoms with Gasteiger partial charge < -0.3 is 10.2 Å². The minimum Gasteiger partial charge on any atom is -0.338 e. The molecule has 0 atom stereocenters. The summed E-state index contributed by atoms with van der Waals surface area (Å²) in [4.78, 5) is 26.4. The third-order valence-electron chi connectivity index (χ3n) is 4.67. The summed E-state index contributed by atoms with van der Waals surface area (Å²) in [6.07, 6.45) is 0.732. The van der Waals surface area contributed by atoms with Gasteiger partial charge in [-0.3, -0.25) is 9.59 Å². The molecule has 0 saturated carbocycles. The molecule has 24 heavy (non-hydrogen) atoms. The van der Waals surface area contributed by atoms with E-state index in [4.69, 9.17) is 0 Å². The number of fused-ring (bicyclic) bond motifs is 1. The molecule has 124 valence electrons. The van der Waals surface area contributed by atoms with Crippen LogP contribution in [0.3, 0.4) is 0 Å². The Bertz CT molecular complexity index is 783. The number of hydrogen-bond donors (Lipinski definition) is 1. The molecule has 2 aromatic carbocycles. The summed E-state index contributed by atoms with van der Waals surface area (Å²) in [7, 11) is 0. The Balaban J connectivity index is 1.61. The van der Waals surface area contributed by atoms with Crippen LogP contribution in [0.15, 0.2) is 42.5 Å². The summed E-state index contributed by atoms with van der Waals surface area (Å²) in [5.74, 6) is -0.375. The van der Waals surface area contributed by atoms with Gasteiger partial charge in [-0.05, 0) is 48.6 Å². The minimum atomic E-state index is -0.257. The molecule has 1 aliphatic heterocycles. The summed E-state index contributed by atoms with van der Waals surface area (Å²) in [5, 5.41) is 2.85. The van der Waals surface area contributed by atoms with Crippen LogP contribution in [-0.4, -0.2) is 23.3 Å². The smallest absolute Gasteiger partial charge is 0.233 e. The van der Waals surface area contributed by atoms with E-state index in [1.165, 1.54) is 11.1 Å². The first-order valence-corrected chi connectivity index (χ1v) is 8.25. The topological polar surface area (TPSA) is 49.4 Å². The lowest BCUT2D eigenvalue weighted by Crippen LogP contribution is -2.37. The van der Waals surface area contributed by atoms with Gasteiger partial charge in [-0.25, -0.2) is 0 Å². The van der Waals surface area contributed by atoms with Crippen LogP contribution in [-0.2, 0) is 22.6 Å². The molecule has 0 unspecified atom stereocenters. The van der Waals surface area contributed by atoms with Gasteiger partial charge in [-0.2, -0.15) is 0 Å². The first kappa shape index (κ1) is 16.2. The number of carbonyl (C=O) groups excluding carboxylic acids is 2. The molecule has 4 heteroatoms. The van der Waals surface area contributed by atoms with Gasteiger partial charge in [0.05, 0.1) is 0 Å². The molecule has 0 fully saturated rings. The predicted octanol–water partition coefficient (Wildman–Crippen LogP) is 3.22. The number of anilines is 1. The summed E-state index contributed by atoms with van der Waals surface area (Å²) in [6, 6.07) is 13.9. The molecule has 0 aliphatic carbocycles. The molecule has 0 aromatic heterocycles. The first-order valence-electron chi connectivity index (χ1n) is 8.25. The fraction of sp³-hybridized carbons (Fsp3) is 0.300. The van der Waals surface area contributed by atoms with Gasteiger partial charge >= 0.3 is 0 Å². The van der Waals surface area contributed by atoms with E-state index in [1.54, 1.807) is 4.90 Å². The van der Waals surface area contributed by atoms with Gasteiger partial charge in [-0.1, -0.05) is 36.4 Å². The second-order valence-corrected chi connectivity index (χ2v) is 6.31. The molecule has 1 N–H and O–H groups in total. The summed E-state index contributed by atoms with van der Waals surface area (Å²) in [6.45, 7) is 5.23. The Kier molecular flexibility index (Phi) is 4.65. The van der Waals surface area contributed by atoms with Crippen LogP contribution in [0.2, 0.25) is 0 Å². The summed E-state index contributed by atoms with van der Waals surface area (Å²) < 4.78 is 0. The molecule has 1 heterocycles. The zero-order chi connectivity index (χ0) is 17.1. The Morgan fingerprint density at radius 1 is 1.04 bits per heavy atom. The van der Waals surface area contributed by atoms with Crippen molar-refractivity contribution in [2.75, 3.05) is 11.9 Å². The maximum atomic E-state index is 12.4.